The number of rotatable bonds is 6. The predicted molar refractivity (Wildman–Crippen MR) is 91.4 cm³/mol. The zero-order chi connectivity index (χ0) is 15.2. The van der Waals surface area contributed by atoms with Crippen LogP contribution in [0.15, 0.2) is 54.6 Å². The maximum atomic E-state index is 5.22. The van der Waals surface area contributed by atoms with Crippen molar-refractivity contribution in [2.75, 3.05) is 13.7 Å². The Bertz CT molecular complexity index is 564. The maximum absolute atomic E-state index is 5.22. The van der Waals surface area contributed by atoms with E-state index in [1.165, 1.54) is 30.4 Å². The minimum Gasteiger partial charge on any atom is -0.497 e. The van der Waals surface area contributed by atoms with Gasteiger partial charge in [0, 0.05) is 6.04 Å². The van der Waals surface area contributed by atoms with Crippen molar-refractivity contribution in [1.82, 2.24) is 5.32 Å². The first-order chi connectivity index (χ1) is 10.8. The van der Waals surface area contributed by atoms with E-state index in [1.54, 1.807) is 7.11 Å². The monoisotopic (exact) mass is 295 g/mol. The topological polar surface area (TPSA) is 21.3 Å². The van der Waals surface area contributed by atoms with E-state index < -0.39 is 0 Å². The quantitative estimate of drug-likeness (QED) is 0.874. The summed E-state index contributed by atoms with van der Waals surface area (Å²) in [6.07, 6.45) is 4.83. The molecule has 0 bridgehead atoms. The van der Waals surface area contributed by atoms with E-state index in [0.29, 0.717) is 6.04 Å². The smallest absolute Gasteiger partial charge is 0.118 e. The van der Waals surface area contributed by atoms with E-state index in [4.69, 9.17) is 4.74 Å². The largest absolute Gasteiger partial charge is 0.497 e. The molecule has 0 aromatic heterocycles. The molecule has 0 spiro atoms. The molecule has 2 heteroatoms. The van der Waals surface area contributed by atoms with Gasteiger partial charge in [-0.15, -0.1) is 0 Å². The fraction of sp³-hybridized carbons (Fsp3) is 0.400. The standard InChI is InChI=1S/C20H25NO/c1-22-19-10-7-16(8-11-19)9-12-20-18(13-14-21-20)15-17-5-3-2-4-6-17/h2-8,10-11,18,20-21H,9,12-15H2,1H3. The Morgan fingerprint density at radius 1 is 1.00 bits per heavy atom. The molecule has 22 heavy (non-hydrogen) atoms. The molecule has 0 aliphatic carbocycles. The number of nitrogens with one attached hydrogen (secondary N) is 1. The van der Waals surface area contributed by atoms with Crippen LogP contribution in [0.2, 0.25) is 0 Å². The lowest BCUT2D eigenvalue weighted by Gasteiger charge is -2.19. The summed E-state index contributed by atoms with van der Waals surface area (Å²) in [4.78, 5) is 0. The third-order valence-corrected chi connectivity index (χ3v) is 4.73. The van der Waals surface area contributed by atoms with Gasteiger partial charge in [-0.25, -0.2) is 0 Å². The van der Waals surface area contributed by atoms with Crippen LogP contribution < -0.4 is 10.1 Å². The van der Waals surface area contributed by atoms with Gasteiger partial charge in [-0.3, -0.25) is 0 Å². The Balaban J connectivity index is 1.54. The molecule has 0 amide bonds. The molecule has 2 unspecified atom stereocenters. The Kier molecular flexibility index (Phi) is 5.12. The number of aryl methyl sites for hydroxylation is 1. The minimum absolute atomic E-state index is 0.641. The van der Waals surface area contributed by atoms with Crippen LogP contribution in [0, 0.1) is 5.92 Å². The van der Waals surface area contributed by atoms with E-state index >= 15 is 0 Å². The van der Waals surface area contributed by atoms with Crippen LogP contribution in [-0.2, 0) is 12.8 Å². The summed E-state index contributed by atoms with van der Waals surface area (Å²) < 4.78 is 5.22. The lowest BCUT2D eigenvalue weighted by molar-refractivity contribution is 0.413. The lowest BCUT2D eigenvalue weighted by Crippen LogP contribution is -2.28. The number of hydrogen-bond acceptors (Lipinski definition) is 2. The molecule has 2 aromatic carbocycles. The van der Waals surface area contributed by atoms with Gasteiger partial charge in [0.25, 0.3) is 0 Å². The van der Waals surface area contributed by atoms with Gasteiger partial charge in [-0.2, -0.15) is 0 Å². The molecule has 116 valence electrons. The van der Waals surface area contributed by atoms with Crippen molar-refractivity contribution in [2.45, 2.75) is 31.7 Å². The second-order valence-corrected chi connectivity index (χ2v) is 6.19. The summed E-state index contributed by atoms with van der Waals surface area (Å²) in [6.45, 7) is 1.16. The van der Waals surface area contributed by atoms with E-state index in [-0.39, 0.29) is 0 Å². The maximum Gasteiger partial charge on any atom is 0.118 e. The van der Waals surface area contributed by atoms with Crippen molar-refractivity contribution in [2.24, 2.45) is 5.92 Å². The van der Waals surface area contributed by atoms with Gasteiger partial charge in [0.2, 0.25) is 0 Å². The highest BCUT2D eigenvalue weighted by Crippen LogP contribution is 2.24. The summed E-state index contributed by atoms with van der Waals surface area (Å²) in [6, 6.07) is 20.0. The predicted octanol–water partition coefficient (Wildman–Crippen LogP) is 3.85. The first kappa shape index (κ1) is 15.1. The number of benzene rings is 2. The summed E-state index contributed by atoms with van der Waals surface area (Å²) in [7, 11) is 1.71. The molecule has 1 aliphatic heterocycles. The highest BCUT2D eigenvalue weighted by molar-refractivity contribution is 5.27. The van der Waals surface area contributed by atoms with E-state index in [9.17, 15) is 0 Å². The van der Waals surface area contributed by atoms with Crippen LogP contribution in [0.3, 0.4) is 0 Å². The summed E-state index contributed by atoms with van der Waals surface area (Å²) in [5.41, 5.74) is 2.86. The molecule has 2 atom stereocenters. The summed E-state index contributed by atoms with van der Waals surface area (Å²) >= 11 is 0. The Labute approximate surface area is 133 Å². The first-order valence-corrected chi connectivity index (χ1v) is 8.25. The Morgan fingerprint density at radius 3 is 2.50 bits per heavy atom. The number of methoxy groups -OCH3 is 1. The second-order valence-electron chi connectivity index (χ2n) is 6.19. The minimum atomic E-state index is 0.641. The van der Waals surface area contributed by atoms with Gasteiger partial charge in [-0.05, 0) is 61.4 Å². The van der Waals surface area contributed by atoms with Crippen LogP contribution >= 0.6 is 0 Å². The van der Waals surface area contributed by atoms with Crippen molar-refractivity contribution in [3.05, 3.63) is 65.7 Å². The third kappa shape index (κ3) is 3.89. The zero-order valence-corrected chi connectivity index (χ0v) is 13.3. The Morgan fingerprint density at radius 2 is 1.77 bits per heavy atom. The van der Waals surface area contributed by atoms with E-state index in [2.05, 4.69) is 59.9 Å². The fourth-order valence-corrected chi connectivity index (χ4v) is 3.44. The van der Waals surface area contributed by atoms with Gasteiger partial charge >= 0.3 is 0 Å². The molecular formula is C20H25NO. The SMILES string of the molecule is COc1ccc(CCC2NCCC2Cc2ccccc2)cc1. The number of hydrogen-bond donors (Lipinski definition) is 1. The van der Waals surface area contributed by atoms with Crippen molar-refractivity contribution in [3.8, 4) is 5.75 Å². The summed E-state index contributed by atoms with van der Waals surface area (Å²) in [5, 5.41) is 3.70. The molecule has 1 aliphatic rings. The van der Waals surface area contributed by atoms with Crippen LogP contribution in [0.4, 0.5) is 0 Å². The molecule has 0 saturated carbocycles. The van der Waals surface area contributed by atoms with E-state index in [0.717, 1.165) is 24.6 Å². The van der Waals surface area contributed by atoms with Gasteiger partial charge < -0.3 is 10.1 Å². The van der Waals surface area contributed by atoms with E-state index in [1.807, 2.05) is 0 Å². The van der Waals surface area contributed by atoms with Gasteiger partial charge in [0.15, 0.2) is 0 Å². The highest BCUT2D eigenvalue weighted by Gasteiger charge is 2.26. The van der Waals surface area contributed by atoms with Crippen LogP contribution in [0.1, 0.15) is 24.0 Å². The lowest BCUT2D eigenvalue weighted by atomic mass is 9.89. The average molecular weight is 295 g/mol. The first-order valence-electron chi connectivity index (χ1n) is 8.25. The molecule has 1 fully saturated rings. The molecular weight excluding hydrogens is 270 g/mol. The normalized spacial score (nSPS) is 21.0. The molecule has 3 rings (SSSR count). The zero-order valence-electron chi connectivity index (χ0n) is 13.3. The molecule has 0 radical (unpaired) electrons. The molecule has 1 saturated heterocycles. The fourth-order valence-electron chi connectivity index (χ4n) is 3.44. The molecule has 2 nitrogen and oxygen atoms in total. The highest BCUT2D eigenvalue weighted by atomic mass is 16.5. The van der Waals surface area contributed by atoms with Crippen molar-refractivity contribution < 1.29 is 4.74 Å². The van der Waals surface area contributed by atoms with Gasteiger partial charge in [0.05, 0.1) is 7.11 Å². The molecule has 1 heterocycles. The van der Waals surface area contributed by atoms with Crippen LogP contribution in [0.25, 0.3) is 0 Å². The summed E-state index contributed by atoms with van der Waals surface area (Å²) in [5.74, 6) is 1.70. The van der Waals surface area contributed by atoms with Crippen LogP contribution in [0.5, 0.6) is 5.75 Å². The number of ether oxygens (including phenoxy) is 1. The average Bonchev–Trinajstić information content (AvgIpc) is 3.01. The van der Waals surface area contributed by atoms with Crippen molar-refractivity contribution in [1.29, 1.82) is 0 Å². The molecule has 1 N–H and O–H groups in total. The molecule has 2 aromatic rings. The van der Waals surface area contributed by atoms with Crippen molar-refractivity contribution >= 4 is 0 Å². The van der Waals surface area contributed by atoms with Crippen molar-refractivity contribution in [3.63, 3.8) is 0 Å². The Hall–Kier alpha value is -1.80. The van der Waals surface area contributed by atoms with Gasteiger partial charge in [0.1, 0.15) is 5.75 Å². The second kappa shape index (κ2) is 7.46. The van der Waals surface area contributed by atoms with Crippen LogP contribution in [-0.4, -0.2) is 19.7 Å². The van der Waals surface area contributed by atoms with Gasteiger partial charge in [-0.1, -0.05) is 42.5 Å². The third-order valence-electron chi connectivity index (χ3n) is 4.73.